The van der Waals surface area contributed by atoms with E-state index in [1.807, 2.05) is 30.3 Å². The molecule has 0 saturated heterocycles. The van der Waals surface area contributed by atoms with E-state index >= 15 is 0 Å². The van der Waals surface area contributed by atoms with E-state index in [0.29, 0.717) is 43.1 Å². The highest BCUT2D eigenvalue weighted by molar-refractivity contribution is 7.16. The Kier molecular flexibility index (Phi) is 4.87. The zero-order chi connectivity index (χ0) is 19.8. The van der Waals surface area contributed by atoms with E-state index in [4.69, 9.17) is 17.3 Å². The summed E-state index contributed by atoms with van der Waals surface area (Å²) >= 11 is 7.87. The monoisotopic (exact) mass is 414 g/mol. The van der Waals surface area contributed by atoms with Gasteiger partial charge in [0.15, 0.2) is 0 Å². The van der Waals surface area contributed by atoms with Crippen LogP contribution in [0.5, 0.6) is 0 Å². The summed E-state index contributed by atoms with van der Waals surface area (Å²) in [6.45, 7) is 1.94. The minimum atomic E-state index is -0.297. The lowest BCUT2D eigenvalue weighted by atomic mass is 10.1. The van der Waals surface area contributed by atoms with Gasteiger partial charge in [0.25, 0.3) is 0 Å². The Morgan fingerprint density at radius 3 is 2.75 bits per heavy atom. The fourth-order valence-corrected chi connectivity index (χ4v) is 4.16. The molecule has 1 amide bonds. The molecule has 2 N–H and O–H groups in total. The Hall–Kier alpha value is -2.77. The number of fused-ring (bicyclic) bond motifs is 1. The van der Waals surface area contributed by atoms with Crippen molar-refractivity contribution in [2.24, 2.45) is 0 Å². The predicted octanol–water partition coefficient (Wildman–Crippen LogP) is 4.61. The van der Waals surface area contributed by atoms with Gasteiger partial charge in [0.1, 0.15) is 10.8 Å². The molecular formula is C20H16ClFN4OS. The van der Waals surface area contributed by atoms with Crippen LogP contribution < -0.4 is 10.6 Å². The molecule has 8 heteroatoms. The number of para-hydroxylation sites is 1. The summed E-state index contributed by atoms with van der Waals surface area (Å²) in [5.41, 5.74) is 8.94. The number of rotatable bonds is 3. The van der Waals surface area contributed by atoms with Gasteiger partial charge in [-0.3, -0.25) is 4.79 Å². The van der Waals surface area contributed by atoms with Crippen molar-refractivity contribution in [3.8, 4) is 0 Å². The van der Waals surface area contributed by atoms with E-state index in [-0.39, 0.29) is 24.7 Å². The molecule has 0 bridgehead atoms. The zero-order valence-corrected chi connectivity index (χ0v) is 16.5. The van der Waals surface area contributed by atoms with Crippen molar-refractivity contribution in [2.45, 2.75) is 19.9 Å². The molecule has 1 aliphatic rings. The van der Waals surface area contributed by atoms with Gasteiger partial charge in [0, 0.05) is 11.1 Å². The lowest BCUT2D eigenvalue weighted by Crippen LogP contribution is -2.30. The number of aryl methyl sites for hydroxylation is 1. The molecular weight excluding hydrogens is 399 g/mol. The van der Waals surface area contributed by atoms with Crippen LogP contribution in [0, 0.1) is 12.7 Å². The molecule has 0 fully saturated rings. The maximum Gasteiger partial charge on any atom is 0.231 e. The number of nitrogens with two attached hydrogens (primary N) is 1. The maximum atomic E-state index is 14.0. The van der Waals surface area contributed by atoms with Crippen LogP contribution in [0.15, 0.2) is 42.5 Å². The van der Waals surface area contributed by atoms with Gasteiger partial charge in [0.05, 0.1) is 23.7 Å². The topological polar surface area (TPSA) is 72.1 Å². The molecule has 0 radical (unpaired) electrons. The van der Waals surface area contributed by atoms with Crippen molar-refractivity contribution in [2.75, 3.05) is 10.6 Å². The van der Waals surface area contributed by atoms with Crippen LogP contribution in [0.2, 0.25) is 0 Å². The van der Waals surface area contributed by atoms with Gasteiger partial charge in [-0.05, 0) is 30.2 Å². The normalized spacial score (nSPS) is 14.2. The molecule has 0 aliphatic carbocycles. The highest BCUT2D eigenvalue weighted by Gasteiger charge is 2.29. The highest BCUT2D eigenvalue weighted by atomic mass is 35.5. The number of carbonyl (C=O) groups excluding carboxylic acids is 1. The first-order valence-electron chi connectivity index (χ1n) is 8.57. The Labute approximate surface area is 170 Å². The Morgan fingerprint density at radius 2 is 2.04 bits per heavy atom. The molecule has 4 rings (SSSR count). The standard InChI is InChI=1S/C20H16ClFN4OS/c1-11-6-7-12(8-15(11)22)10-26-16-5-3-2-4-13(16)18(21)14(9-17(26)27)19-24-25-20(23)28-19/h2-8H,9-10H2,1H3,(H2,23,25). The number of hydrogen-bond donors (Lipinski definition) is 1. The molecule has 142 valence electrons. The summed E-state index contributed by atoms with van der Waals surface area (Å²) < 4.78 is 14.0. The summed E-state index contributed by atoms with van der Waals surface area (Å²) in [5.74, 6) is -0.456. The second kappa shape index (κ2) is 7.33. The van der Waals surface area contributed by atoms with Gasteiger partial charge < -0.3 is 10.6 Å². The van der Waals surface area contributed by atoms with Gasteiger partial charge in [0.2, 0.25) is 11.0 Å². The number of amides is 1. The number of halogens is 2. The lowest BCUT2D eigenvalue weighted by Gasteiger charge is -2.23. The zero-order valence-electron chi connectivity index (χ0n) is 14.9. The van der Waals surface area contributed by atoms with Crippen molar-refractivity contribution < 1.29 is 9.18 Å². The van der Waals surface area contributed by atoms with E-state index in [9.17, 15) is 9.18 Å². The second-order valence-electron chi connectivity index (χ2n) is 6.50. The molecule has 0 saturated carbocycles. The quantitative estimate of drug-likeness (QED) is 0.679. The van der Waals surface area contributed by atoms with Crippen molar-refractivity contribution in [1.29, 1.82) is 0 Å². The molecule has 0 unspecified atom stereocenters. The Morgan fingerprint density at radius 1 is 1.25 bits per heavy atom. The first-order valence-corrected chi connectivity index (χ1v) is 9.76. The summed E-state index contributed by atoms with van der Waals surface area (Å²) in [6.07, 6.45) is 0.0521. The van der Waals surface area contributed by atoms with Crippen molar-refractivity contribution in [1.82, 2.24) is 10.2 Å². The Balaban J connectivity index is 1.78. The van der Waals surface area contributed by atoms with E-state index in [1.54, 1.807) is 17.9 Å². The second-order valence-corrected chi connectivity index (χ2v) is 7.88. The summed E-state index contributed by atoms with van der Waals surface area (Å²) in [7, 11) is 0. The third-order valence-electron chi connectivity index (χ3n) is 4.60. The fourth-order valence-electron chi connectivity index (χ4n) is 3.13. The Bertz CT molecular complexity index is 1110. The molecule has 2 aromatic carbocycles. The minimum absolute atomic E-state index is 0.0521. The number of nitrogen functional groups attached to an aromatic ring is 1. The first-order chi connectivity index (χ1) is 13.4. The average Bonchev–Trinajstić information content (AvgIpc) is 3.08. The van der Waals surface area contributed by atoms with Gasteiger partial charge in [-0.2, -0.15) is 0 Å². The fraction of sp³-hybridized carbons (Fsp3) is 0.150. The van der Waals surface area contributed by atoms with Crippen LogP contribution in [0.1, 0.15) is 28.1 Å². The lowest BCUT2D eigenvalue weighted by molar-refractivity contribution is -0.117. The number of hydrogen-bond acceptors (Lipinski definition) is 5. The van der Waals surface area contributed by atoms with Crippen molar-refractivity contribution in [3.05, 3.63) is 70.0 Å². The number of benzene rings is 2. The predicted molar refractivity (Wildman–Crippen MR) is 110 cm³/mol. The van der Waals surface area contributed by atoms with E-state index in [0.717, 1.165) is 0 Å². The molecule has 28 heavy (non-hydrogen) atoms. The third kappa shape index (κ3) is 3.39. The smallest absolute Gasteiger partial charge is 0.231 e. The summed E-state index contributed by atoms with van der Waals surface area (Å²) in [6, 6.07) is 12.4. The number of nitrogens with zero attached hydrogens (tertiary/aromatic N) is 3. The largest absolute Gasteiger partial charge is 0.374 e. The molecule has 2 heterocycles. The van der Waals surface area contributed by atoms with Crippen LogP contribution in [-0.2, 0) is 11.3 Å². The van der Waals surface area contributed by atoms with E-state index < -0.39 is 0 Å². The van der Waals surface area contributed by atoms with Gasteiger partial charge in [-0.1, -0.05) is 53.3 Å². The number of aromatic nitrogens is 2. The SMILES string of the molecule is Cc1ccc(CN2C(=O)CC(c3nnc(N)s3)=C(Cl)c3ccccc32)cc1F. The first kappa shape index (κ1) is 18.6. The van der Waals surface area contributed by atoms with Crippen molar-refractivity contribution >= 4 is 50.3 Å². The minimum Gasteiger partial charge on any atom is -0.374 e. The van der Waals surface area contributed by atoms with Crippen LogP contribution in [-0.4, -0.2) is 16.1 Å². The van der Waals surface area contributed by atoms with E-state index in [2.05, 4.69) is 10.2 Å². The summed E-state index contributed by atoms with van der Waals surface area (Å²) in [4.78, 5) is 14.8. The molecule has 5 nitrogen and oxygen atoms in total. The summed E-state index contributed by atoms with van der Waals surface area (Å²) in [5, 5.41) is 9.15. The molecule has 3 aromatic rings. The van der Waals surface area contributed by atoms with Crippen LogP contribution in [0.4, 0.5) is 15.2 Å². The van der Waals surface area contributed by atoms with Crippen LogP contribution in [0.3, 0.4) is 0 Å². The molecule has 0 atom stereocenters. The number of anilines is 2. The van der Waals surface area contributed by atoms with Crippen LogP contribution >= 0.6 is 22.9 Å². The van der Waals surface area contributed by atoms with E-state index in [1.165, 1.54) is 17.4 Å². The highest BCUT2D eigenvalue weighted by Crippen LogP contribution is 2.41. The van der Waals surface area contributed by atoms with Crippen LogP contribution in [0.25, 0.3) is 10.6 Å². The maximum absolute atomic E-state index is 14.0. The van der Waals surface area contributed by atoms with Gasteiger partial charge >= 0.3 is 0 Å². The molecule has 1 aromatic heterocycles. The van der Waals surface area contributed by atoms with Gasteiger partial charge in [-0.25, -0.2) is 4.39 Å². The van der Waals surface area contributed by atoms with Crippen molar-refractivity contribution in [3.63, 3.8) is 0 Å². The number of carbonyl (C=O) groups is 1. The third-order valence-corrected chi connectivity index (χ3v) is 5.84. The molecule has 1 aliphatic heterocycles. The molecule has 0 spiro atoms. The van der Waals surface area contributed by atoms with Gasteiger partial charge in [-0.15, -0.1) is 10.2 Å². The average molecular weight is 415 g/mol.